The normalized spacial score (nSPS) is 14.0. The molecule has 4 nitrogen and oxygen atoms in total. The van der Waals surface area contributed by atoms with Crippen LogP contribution in [0.15, 0.2) is 34.9 Å². The van der Waals surface area contributed by atoms with E-state index in [1.165, 1.54) is 16.0 Å². The maximum atomic E-state index is 5.47. The minimum absolute atomic E-state index is 0.619. The Hall–Kier alpha value is -1.98. The Bertz CT molecular complexity index is 765. The fraction of sp³-hybridized carbons (Fsp3) is 0.294. The largest absolute Gasteiger partial charge is 0.333 e. The minimum Gasteiger partial charge on any atom is -0.333 e. The molecule has 112 valence electrons. The molecule has 0 saturated heterocycles. The molecule has 1 aliphatic heterocycles. The van der Waals surface area contributed by atoms with Crippen LogP contribution in [0.1, 0.15) is 22.9 Å². The van der Waals surface area contributed by atoms with E-state index in [2.05, 4.69) is 52.7 Å². The van der Waals surface area contributed by atoms with Crippen molar-refractivity contribution in [1.82, 2.24) is 15.5 Å². The average Bonchev–Trinajstić information content (AvgIpc) is 3.21. The molecule has 0 amide bonds. The molecule has 5 heteroatoms. The van der Waals surface area contributed by atoms with Crippen molar-refractivity contribution in [3.63, 3.8) is 0 Å². The zero-order valence-corrected chi connectivity index (χ0v) is 13.2. The third-order valence-corrected chi connectivity index (χ3v) is 5.22. The standard InChI is InChI=1S/C17H17N3OS/c1-2-11-3-5-12(6-4-11)16-19-17(21-20-16)15-9-13-10-18-8-7-14(13)22-15/h3-6,9,18H,2,7-8,10H2,1H3. The molecule has 2 aromatic heterocycles. The van der Waals surface area contributed by atoms with Crippen LogP contribution in [0, 0.1) is 0 Å². The molecule has 0 radical (unpaired) electrons. The van der Waals surface area contributed by atoms with Crippen molar-refractivity contribution in [3.8, 4) is 22.2 Å². The third-order valence-electron chi connectivity index (χ3n) is 4.00. The first-order valence-corrected chi connectivity index (χ1v) is 8.41. The molecule has 1 N–H and O–H groups in total. The van der Waals surface area contributed by atoms with E-state index >= 15 is 0 Å². The molecule has 22 heavy (non-hydrogen) atoms. The van der Waals surface area contributed by atoms with Crippen molar-refractivity contribution in [1.29, 1.82) is 0 Å². The lowest BCUT2D eigenvalue weighted by atomic mass is 10.1. The first-order chi connectivity index (χ1) is 10.8. The van der Waals surface area contributed by atoms with Crippen LogP contribution >= 0.6 is 11.3 Å². The highest BCUT2D eigenvalue weighted by molar-refractivity contribution is 7.15. The zero-order valence-electron chi connectivity index (χ0n) is 12.4. The molecular formula is C17H17N3OS. The van der Waals surface area contributed by atoms with Crippen molar-refractivity contribution in [2.24, 2.45) is 0 Å². The average molecular weight is 311 g/mol. The van der Waals surface area contributed by atoms with E-state index in [0.717, 1.165) is 36.4 Å². The van der Waals surface area contributed by atoms with Crippen molar-refractivity contribution < 1.29 is 4.52 Å². The molecule has 0 atom stereocenters. The van der Waals surface area contributed by atoms with Crippen LogP contribution in [-0.4, -0.2) is 16.7 Å². The van der Waals surface area contributed by atoms with Crippen LogP contribution in [0.4, 0.5) is 0 Å². The number of aryl methyl sites for hydroxylation is 1. The number of rotatable bonds is 3. The summed E-state index contributed by atoms with van der Waals surface area (Å²) in [7, 11) is 0. The summed E-state index contributed by atoms with van der Waals surface area (Å²) in [5.41, 5.74) is 3.67. The van der Waals surface area contributed by atoms with Gasteiger partial charge in [-0.2, -0.15) is 4.98 Å². The van der Waals surface area contributed by atoms with E-state index in [4.69, 9.17) is 4.52 Å². The summed E-state index contributed by atoms with van der Waals surface area (Å²) in [5, 5.41) is 7.52. The quantitative estimate of drug-likeness (QED) is 0.802. The van der Waals surface area contributed by atoms with Gasteiger partial charge in [0.15, 0.2) is 0 Å². The monoisotopic (exact) mass is 311 g/mol. The number of benzene rings is 1. The Kier molecular flexibility index (Phi) is 3.52. The van der Waals surface area contributed by atoms with Gasteiger partial charge in [-0.25, -0.2) is 0 Å². The third kappa shape index (κ3) is 2.46. The second-order valence-corrected chi connectivity index (χ2v) is 6.60. The van der Waals surface area contributed by atoms with Crippen molar-refractivity contribution in [2.75, 3.05) is 6.54 Å². The first-order valence-electron chi connectivity index (χ1n) is 7.59. The van der Waals surface area contributed by atoms with Gasteiger partial charge in [-0.15, -0.1) is 11.3 Å². The number of hydrogen-bond donors (Lipinski definition) is 1. The van der Waals surface area contributed by atoms with Gasteiger partial charge in [0, 0.05) is 23.5 Å². The van der Waals surface area contributed by atoms with Gasteiger partial charge in [0.25, 0.3) is 5.89 Å². The maximum absolute atomic E-state index is 5.47. The lowest BCUT2D eigenvalue weighted by Gasteiger charge is -2.10. The number of fused-ring (bicyclic) bond motifs is 1. The fourth-order valence-electron chi connectivity index (χ4n) is 2.69. The summed E-state index contributed by atoms with van der Waals surface area (Å²) < 4.78 is 5.47. The van der Waals surface area contributed by atoms with Gasteiger partial charge in [0.1, 0.15) is 0 Å². The molecule has 0 saturated carbocycles. The van der Waals surface area contributed by atoms with Crippen LogP contribution in [0.3, 0.4) is 0 Å². The summed E-state index contributed by atoms with van der Waals surface area (Å²) in [4.78, 5) is 7.06. The van der Waals surface area contributed by atoms with Crippen LogP contribution in [0.5, 0.6) is 0 Å². The van der Waals surface area contributed by atoms with E-state index < -0.39 is 0 Å². The predicted molar refractivity (Wildman–Crippen MR) is 87.8 cm³/mol. The predicted octanol–water partition coefficient (Wildman–Crippen LogP) is 3.67. The molecule has 0 aliphatic carbocycles. The van der Waals surface area contributed by atoms with E-state index in [-0.39, 0.29) is 0 Å². The number of aromatic nitrogens is 2. The molecule has 3 heterocycles. The molecule has 4 rings (SSSR count). The number of thiophene rings is 1. The Morgan fingerprint density at radius 2 is 2.14 bits per heavy atom. The van der Waals surface area contributed by atoms with E-state index in [1.54, 1.807) is 11.3 Å². The minimum atomic E-state index is 0.619. The molecule has 0 fully saturated rings. The van der Waals surface area contributed by atoms with Gasteiger partial charge >= 0.3 is 0 Å². The van der Waals surface area contributed by atoms with Gasteiger partial charge in [-0.05, 0) is 30.0 Å². The summed E-state index contributed by atoms with van der Waals surface area (Å²) in [6.45, 7) is 4.13. The topological polar surface area (TPSA) is 51.0 Å². The van der Waals surface area contributed by atoms with Gasteiger partial charge in [0.05, 0.1) is 4.88 Å². The second-order valence-electron chi connectivity index (χ2n) is 5.46. The number of nitrogens with one attached hydrogen (secondary N) is 1. The smallest absolute Gasteiger partial charge is 0.268 e. The zero-order chi connectivity index (χ0) is 14.9. The van der Waals surface area contributed by atoms with Crippen LogP contribution in [0.2, 0.25) is 0 Å². The van der Waals surface area contributed by atoms with Gasteiger partial charge in [-0.1, -0.05) is 36.3 Å². The number of nitrogens with zero attached hydrogens (tertiary/aromatic N) is 2. The molecule has 1 aromatic carbocycles. The van der Waals surface area contributed by atoms with Crippen molar-refractivity contribution >= 4 is 11.3 Å². The second kappa shape index (κ2) is 5.66. The molecule has 0 unspecified atom stereocenters. The SMILES string of the molecule is CCc1ccc(-c2noc(-c3cc4c(s3)CCNC4)n2)cc1. The van der Waals surface area contributed by atoms with Gasteiger partial charge in [0.2, 0.25) is 5.82 Å². The Labute approximate surface area is 133 Å². The molecule has 0 spiro atoms. The van der Waals surface area contributed by atoms with Crippen molar-refractivity contribution in [2.45, 2.75) is 26.3 Å². The summed E-state index contributed by atoms with van der Waals surface area (Å²) >= 11 is 1.77. The highest BCUT2D eigenvalue weighted by Crippen LogP contribution is 2.33. The Morgan fingerprint density at radius 1 is 1.27 bits per heavy atom. The highest BCUT2D eigenvalue weighted by atomic mass is 32.1. The summed E-state index contributed by atoms with van der Waals surface area (Å²) in [5.74, 6) is 1.27. The Morgan fingerprint density at radius 3 is 2.91 bits per heavy atom. The lowest BCUT2D eigenvalue weighted by Crippen LogP contribution is -2.21. The highest BCUT2D eigenvalue weighted by Gasteiger charge is 2.18. The van der Waals surface area contributed by atoms with Gasteiger partial charge in [-0.3, -0.25) is 0 Å². The molecular weight excluding hydrogens is 294 g/mol. The van der Waals surface area contributed by atoms with E-state index in [1.807, 2.05) is 0 Å². The van der Waals surface area contributed by atoms with Crippen molar-refractivity contribution in [3.05, 3.63) is 46.3 Å². The van der Waals surface area contributed by atoms with Crippen LogP contribution in [0.25, 0.3) is 22.2 Å². The molecule has 1 aliphatic rings. The molecule has 0 bridgehead atoms. The maximum Gasteiger partial charge on any atom is 0.268 e. The van der Waals surface area contributed by atoms with E-state index in [9.17, 15) is 0 Å². The summed E-state index contributed by atoms with van der Waals surface area (Å²) in [6.07, 6.45) is 2.12. The Balaban J connectivity index is 1.64. The number of hydrogen-bond acceptors (Lipinski definition) is 5. The fourth-order valence-corrected chi connectivity index (χ4v) is 3.79. The van der Waals surface area contributed by atoms with Crippen LogP contribution < -0.4 is 5.32 Å². The lowest BCUT2D eigenvalue weighted by molar-refractivity contribution is 0.433. The summed E-state index contributed by atoms with van der Waals surface area (Å²) in [6, 6.07) is 10.5. The first kappa shape index (κ1) is 13.7. The van der Waals surface area contributed by atoms with E-state index in [0.29, 0.717) is 11.7 Å². The van der Waals surface area contributed by atoms with Gasteiger partial charge < -0.3 is 9.84 Å². The molecule has 3 aromatic rings. The van der Waals surface area contributed by atoms with Crippen LogP contribution in [-0.2, 0) is 19.4 Å².